The van der Waals surface area contributed by atoms with Crippen molar-refractivity contribution >= 4 is 33.3 Å². The lowest BCUT2D eigenvalue weighted by molar-refractivity contribution is 0.601. The molecule has 124 valence electrons. The first kappa shape index (κ1) is 16.8. The molecular weight excluding hydrogens is 316 g/mol. The lowest BCUT2D eigenvalue weighted by Gasteiger charge is -2.15. The van der Waals surface area contributed by atoms with Gasteiger partial charge in [-0.25, -0.2) is 8.42 Å². The number of benzene rings is 1. The molecule has 1 heterocycles. The number of hydrogen-bond donors (Lipinski definition) is 3. The highest BCUT2D eigenvalue weighted by atomic mass is 32.2. The molecule has 2 rings (SSSR count). The molecule has 1 aromatic carbocycles. The number of nitrogens with zero attached hydrogens (tertiary/aromatic N) is 3. The van der Waals surface area contributed by atoms with Crippen molar-refractivity contribution in [2.24, 2.45) is 0 Å². The second-order valence-electron chi connectivity index (χ2n) is 5.03. The predicted molar refractivity (Wildman–Crippen MR) is 92.2 cm³/mol. The van der Waals surface area contributed by atoms with Gasteiger partial charge in [0.25, 0.3) is 10.0 Å². The highest BCUT2D eigenvalue weighted by Crippen LogP contribution is 2.20. The van der Waals surface area contributed by atoms with E-state index in [4.69, 9.17) is 5.73 Å². The monoisotopic (exact) mass is 336 g/mol. The van der Waals surface area contributed by atoms with Gasteiger partial charge in [-0.15, -0.1) is 0 Å². The zero-order valence-electron chi connectivity index (χ0n) is 13.2. The number of anilines is 4. The standard InChI is InChI=1S/C14H20N6O2S/c1-4-16-14-17-12(9-13(18-14)20(2)3)19-23(21,22)11-7-5-10(15)6-8-11/h5-9H,4,15H2,1-3H3,(H2,16,17,18,19). The van der Waals surface area contributed by atoms with Crippen LogP contribution in [-0.2, 0) is 10.0 Å². The third-order valence-electron chi connectivity index (χ3n) is 2.94. The summed E-state index contributed by atoms with van der Waals surface area (Å²) in [6, 6.07) is 7.51. The van der Waals surface area contributed by atoms with E-state index in [1.165, 1.54) is 24.3 Å². The average Bonchev–Trinajstić information content (AvgIpc) is 2.47. The van der Waals surface area contributed by atoms with E-state index in [1.807, 2.05) is 21.0 Å². The van der Waals surface area contributed by atoms with Gasteiger partial charge in [0.15, 0.2) is 0 Å². The Morgan fingerprint density at radius 3 is 2.39 bits per heavy atom. The summed E-state index contributed by atoms with van der Waals surface area (Å²) < 4.78 is 27.3. The van der Waals surface area contributed by atoms with E-state index in [2.05, 4.69) is 20.0 Å². The molecule has 0 spiro atoms. The van der Waals surface area contributed by atoms with Crippen LogP contribution in [0.1, 0.15) is 6.92 Å². The van der Waals surface area contributed by atoms with Crippen LogP contribution in [0.25, 0.3) is 0 Å². The summed E-state index contributed by atoms with van der Waals surface area (Å²) in [6.45, 7) is 2.53. The molecule has 0 saturated carbocycles. The van der Waals surface area contributed by atoms with Gasteiger partial charge in [-0.05, 0) is 31.2 Å². The van der Waals surface area contributed by atoms with Crippen molar-refractivity contribution in [2.75, 3.05) is 41.3 Å². The van der Waals surface area contributed by atoms with Gasteiger partial charge in [-0.3, -0.25) is 4.72 Å². The molecule has 23 heavy (non-hydrogen) atoms. The SMILES string of the molecule is CCNc1nc(NS(=O)(=O)c2ccc(N)cc2)cc(N(C)C)n1. The number of rotatable bonds is 6. The minimum Gasteiger partial charge on any atom is -0.399 e. The van der Waals surface area contributed by atoms with E-state index in [0.29, 0.717) is 24.0 Å². The van der Waals surface area contributed by atoms with E-state index < -0.39 is 10.0 Å². The van der Waals surface area contributed by atoms with Crippen molar-refractivity contribution < 1.29 is 8.42 Å². The Morgan fingerprint density at radius 1 is 1.17 bits per heavy atom. The summed E-state index contributed by atoms with van der Waals surface area (Å²) in [7, 11) is -0.115. The molecule has 0 saturated heterocycles. The molecule has 0 bridgehead atoms. The molecule has 0 aliphatic heterocycles. The van der Waals surface area contributed by atoms with Gasteiger partial charge >= 0.3 is 0 Å². The van der Waals surface area contributed by atoms with Crippen LogP contribution < -0.4 is 20.7 Å². The summed E-state index contributed by atoms with van der Waals surface area (Å²) in [5.41, 5.74) is 6.07. The van der Waals surface area contributed by atoms with Gasteiger partial charge < -0.3 is 16.0 Å². The number of nitrogens with one attached hydrogen (secondary N) is 2. The van der Waals surface area contributed by atoms with Crippen LogP contribution in [0.5, 0.6) is 0 Å². The van der Waals surface area contributed by atoms with Gasteiger partial charge in [-0.2, -0.15) is 9.97 Å². The maximum Gasteiger partial charge on any atom is 0.263 e. The maximum absolute atomic E-state index is 12.4. The van der Waals surface area contributed by atoms with E-state index in [-0.39, 0.29) is 10.7 Å². The summed E-state index contributed by atoms with van der Waals surface area (Å²) in [5, 5.41) is 2.98. The van der Waals surface area contributed by atoms with E-state index >= 15 is 0 Å². The Bertz CT molecular complexity index is 774. The Hall–Kier alpha value is -2.55. The second kappa shape index (κ2) is 6.69. The van der Waals surface area contributed by atoms with E-state index in [1.54, 1.807) is 11.0 Å². The lowest BCUT2D eigenvalue weighted by Crippen LogP contribution is -2.17. The highest BCUT2D eigenvalue weighted by Gasteiger charge is 2.16. The molecule has 0 aliphatic carbocycles. The van der Waals surface area contributed by atoms with Gasteiger partial charge in [-0.1, -0.05) is 0 Å². The zero-order chi connectivity index (χ0) is 17.0. The van der Waals surface area contributed by atoms with Crippen LogP contribution in [-0.4, -0.2) is 39.0 Å². The number of hydrogen-bond acceptors (Lipinski definition) is 7. The summed E-state index contributed by atoms with van der Waals surface area (Å²) in [5.74, 6) is 1.14. The molecule has 0 unspecified atom stereocenters. The van der Waals surface area contributed by atoms with Crippen LogP contribution in [0.4, 0.5) is 23.3 Å². The maximum atomic E-state index is 12.4. The van der Waals surface area contributed by atoms with Crippen molar-refractivity contribution in [3.63, 3.8) is 0 Å². The molecule has 0 radical (unpaired) electrons. The van der Waals surface area contributed by atoms with Crippen LogP contribution in [0.15, 0.2) is 35.2 Å². The molecular formula is C14H20N6O2S. The van der Waals surface area contributed by atoms with Gasteiger partial charge in [0.1, 0.15) is 11.6 Å². The van der Waals surface area contributed by atoms with E-state index in [9.17, 15) is 8.42 Å². The van der Waals surface area contributed by atoms with Crippen molar-refractivity contribution in [3.05, 3.63) is 30.3 Å². The normalized spacial score (nSPS) is 11.1. The summed E-state index contributed by atoms with van der Waals surface area (Å²) in [6.07, 6.45) is 0. The topological polar surface area (TPSA) is 113 Å². The fourth-order valence-corrected chi connectivity index (χ4v) is 2.79. The molecule has 0 atom stereocenters. The molecule has 2 aromatic rings. The van der Waals surface area contributed by atoms with Gasteiger partial charge in [0.2, 0.25) is 5.95 Å². The quantitative estimate of drug-likeness (QED) is 0.682. The lowest BCUT2D eigenvalue weighted by atomic mass is 10.3. The van der Waals surface area contributed by atoms with Crippen LogP contribution in [0.3, 0.4) is 0 Å². The molecule has 0 fully saturated rings. The predicted octanol–water partition coefficient (Wildman–Crippen LogP) is 1.36. The minimum atomic E-state index is -3.75. The molecule has 0 amide bonds. The first-order chi connectivity index (χ1) is 10.8. The van der Waals surface area contributed by atoms with Gasteiger partial charge in [0, 0.05) is 32.4 Å². The van der Waals surface area contributed by atoms with E-state index in [0.717, 1.165) is 0 Å². The Labute approximate surface area is 135 Å². The Kier molecular flexibility index (Phi) is 4.89. The first-order valence-corrected chi connectivity index (χ1v) is 8.49. The third-order valence-corrected chi connectivity index (χ3v) is 4.31. The number of aromatic nitrogens is 2. The minimum absolute atomic E-state index is 0.113. The third kappa shape index (κ3) is 4.22. The molecule has 8 nitrogen and oxygen atoms in total. The fraction of sp³-hybridized carbons (Fsp3) is 0.286. The van der Waals surface area contributed by atoms with Gasteiger partial charge in [0.05, 0.1) is 4.90 Å². The Morgan fingerprint density at radius 2 is 1.83 bits per heavy atom. The summed E-state index contributed by atoms with van der Waals surface area (Å²) >= 11 is 0. The number of sulfonamides is 1. The zero-order valence-corrected chi connectivity index (χ0v) is 14.1. The fourth-order valence-electron chi connectivity index (χ4n) is 1.80. The number of nitrogen functional groups attached to an aromatic ring is 1. The highest BCUT2D eigenvalue weighted by molar-refractivity contribution is 7.92. The largest absolute Gasteiger partial charge is 0.399 e. The number of nitrogens with two attached hydrogens (primary N) is 1. The molecule has 4 N–H and O–H groups in total. The van der Waals surface area contributed by atoms with Crippen molar-refractivity contribution in [3.8, 4) is 0 Å². The van der Waals surface area contributed by atoms with Crippen LogP contribution in [0, 0.1) is 0 Å². The molecule has 1 aromatic heterocycles. The summed E-state index contributed by atoms with van der Waals surface area (Å²) in [4.78, 5) is 10.3. The Balaban J connectivity index is 2.36. The molecule has 0 aliphatic rings. The molecule has 9 heteroatoms. The van der Waals surface area contributed by atoms with Crippen LogP contribution in [0.2, 0.25) is 0 Å². The smallest absolute Gasteiger partial charge is 0.263 e. The van der Waals surface area contributed by atoms with Crippen molar-refractivity contribution in [1.82, 2.24) is 9.97 Å². The first-order valence-electron chi connectivity index (χ1n) is 7.00. The van der Waals surface area contributed by atoms with Crippen molar-refractivity contribution in [1.29, 1.82) is 0 Å². The second-order valence-corrected chi connectivity index (χ2v) is 6.72. The van der Waals surface area contributed by atoms with Crippen molar-refractivity contribution in [2.45, 2.75) is 11.8 Å². The van der Waals surface area contributed by atoms with Crippen LogP contribution >= 0.6 is 0 Å². The average molecular weight is 336 g/mol.